The molecule has 1 aliphatic rings. The summed E-state index contributed by atoms with van der Waals surface area (Å²) in [4.78, 5) is 29.6. The minimum atomic E-state index is -3.58. The second-order valence-electron chi connectivity index (χ2n) is 11.6. The van der Waals surface area contributed by atoms with Gasteiger partial charge in [0.1, 0.15) is 6.04 Å². The molecule has 0 saturated heterocycles. The number of aryl methyl sites for hydroxylation is 1. The van der Waals surface area contributed by atoms with Gasteiger partial charge in [-0.3, -0.25) is 13.9 Å². The Bertz CT molecular complexity index is 1510. The van der Waals surface area contributed by atoms with E-state index in [0.29, 0.717) is 27.7 Å². The number of amides is 2. The van der Waals surface area contributed by atoms with Crippen LogP contribution in [0.5, 0.6) is 0 Å². The lowest BCUT2D eigenvalue weighted by atomic mass is 9.94. The van der Waals surface area contributed by atoms with Crippen molar-refractivity contribution >= 4 is 50.7 Å². The Kier molecular flexibility index (Phi) is 12.1. The molecule has 1 saturated carbocycles. The van der Waals surface area contributed by atoms with E-state index in [2.05, 4.69) is 5.32 Å². The maximum absolute atomic E-state index is 14.1. The third-order valence-corrected chi connectivity index (χ3v) is 9.83. The largest absolute Gasteiger partial charge is 0.352 e. The summed E-state index contributed by atoms with van der Waals surface area (Å²) in [7, 11) is -3.58. The van der Waals surface area contributed by atoms with Crippen molar-refractivity contribution in [3.63, 3.8) is 0 Å². The Balaban J connectivity index is 1.61. The van der Waals surface area contributed by atoms with Crippen LogP contribution < -0.4 is 9.62 Å². The minimum absolute atomic E-state index is 0.0467. The second kappa shape index (κ2) is 15.8. The highest BCUT2D eigenvalue weighted by Gasteiger charge is 2.32. The summed E-state index contributed by atoms with van der Waals surface area (Å²) in [6, 6.07) is 21.3. The average molecular weight is 659 g/mol. The van der Waals surface area contributed by atoms with Crippen LogP contribution in [0.1, 0.15) is 61.6 Å². The van der Waals surface area contributed by atoms with Crippen LogP contribution in [-0.4, -0.2) is 50.0 Å². The molecule has 0 radical (unpaired) electrons. The maximum Gasteiger partial charge on any atom is 0.243 e. The van der Waals surface area contributed by atoms with Gasteiger partial charge in [0.15, 0.2) is 0 Å². The van der Waals surface area contributed by atoms with Crippen molar-refractivity contribution in [1.82, 2.24) is 10.2 Å². The molecule has 0 aromatic heterocycles. The number of anilines is 1. The number of rotatable bonds is 13. The number of halogens is 2. The van der Waals surface area contributed by atoms with Crippen LogP contribution >= 0.6 is 23.2 Å². The molecule has 0 unspecified atom stereocenters. The van der Waals surface area contributed by atoms with E-state index in [4.69, 9.17) is 23.2 Å². The highest BCUT2D eigenvalue weighted by Crippen LogP contribution is 2.26. The lowest BCUT2D eigenvalue weighted by Crippen LogP contribution is -2.53. The Morgan fingerprint density at radius 3 is 2.27 bits per heavy atom. The van der Waals surface area contributed by atoms with Crippen molar-refractivity contribution in [2.45, 2.75) is 76.9 Å². The SMILES string of the molecule is Cc1ccc(N(CCCC(=O)N(Cc2ccc(Cl)cc2Cl)[C@@H](Cc2ccccc2)C(=O)NC2CCCCC2)S(C)(=O)=O)cc1. The van der Waals surface area contributed by atoms with Gasteiger partial charge in [0, 0.05) is 42.0 Å². The molecule has 3 aromatic rings. The molecule has 1 fully saturated rings. The fraction of sp³-hybridized carbons (Fsp3) is 0.412. The first-order valence-electron chi connectivity index (χ1n) is 15.1. The molecule has 1 N–H and O–H groups in total. The predicted molar refractivity (Wildman–Crippen MR) is 179 cm³/mol. The maximum atomic E-state index is 14.1. The zero-order chi connectivity index (χ0) is 31.7. The predicted octanol–water partition coefficient (Wildman–Crippen LogP) is 6.94. The number of nitrogens with one attached hydrogen (secondary N) is 1. The Morgan fingerprint density at radius 1 is 0.955 bits per heavy atom. The van der Waals surface area contributed by atoms with Crippen molar-refractivity contribution in [3.8, 4) is 0 Å². The van der Waals surface area contributed by atoms with Crippen molar-refractivity contribution in [2.24, 2.45) is 0 Å². The summed E-state index contributed by atoms with van der Waals surface area (Å²) in [5.41, 5.74) is 3.17. The molecule has 0 heterocycles. The third kappa shape index (κ3) is 9.71. The number of carbonyl (C=O) groups is 2. The van der Waals surface area contributed by atoms with Gasteiger partial charge < -0.3 is 10.2 Å². The fourth-order valence-electron chi connectivity index (χ4n) is 5.65. The van der Waals surface area contributed by atoms with E-state index in [9.17, 15) is 18.0 Å². The summed E-state index contributed by atoms with van der Waals surface area (Å²) < 4.78 is 26.7. The fourth-order valence-corrected chi connectivity index (χ4v) is 7.08. The number of nitrogens with zero attached hydrogens (tertiary/aromatic N) is 2. The van der Waals surface area contributed by atoms with Crippen molar-refractivity contribution in [2.75, 3.05) is 17.1 Å². The molecule has 0 bridgehead atoms. The lowest BCUT2D eigenvalue weighted by Gasteiger charge is -2.34. The van der Waals surface area contributed by atoms with Gasteiger partial charge in [-0.15, -0.1) is 0 Å². The van der Waals surface area contributed by atoms with E-state index in [1.54, 1.807) is 35.2 Å². The van der Waals surface area contributed by atoms with Crippen LogP contribution in [0.4, 0.5) is 5.69 Å². The van der Waals surface area contributed by atoms with E-state index in [0.717, 1.165) is 49.5 Å². The van der Waals surface area contributed by atoms with Crippen molar-refractivity contribution in [3.05, 3.63) is 99.5 Å². The molecule has 0 spiro atoms. The first kappa shape index (κ1) is 33.8. The standard InChI is InChI=1S/C34H41Cl2N3O4S/c1-25-15-19-30(20-16-25)39(44(2,42)43)21-9-14-33(40)38(24-27-17-18-28(35)23-31(27)36)32(22-26-10-5-3-6-11-26)34(41)37-29-12-7-4-8-13-29/h3,5-6,10-11,15-20,23,29,32H,4,7-9,12-14,21-22,24H2,1-2H3,(H,37,41)/t32-/m0/s1. The smallest absolute Gasteiger partial charge is 0.243 e. The summed E-state index contributed by atoms with van der Waals surface area (Å²) in [6.45, 7) is 2.17. The van der Waals surface area contributed by atoms with Crippen LogP contribution in [0.25, 0.3) is 0 Å². The van der Waals surface area contributed by atoms with Crippen LogP contribution in [0.2, 0.25) is 10.0 Å². The molecule has 1 atom stereocenters. The minimum Gasteiger partial charge on any atom is -0.352 e. The van der Waals surface area contributed by atoms with Gasteiger partial charge >= 0.3 is 0 Å². The highest BCUT2D eigenvalue weighted by molar-refractivity contribution is 7.92. The van der Waals surface area contributed by atoms with Gasteiger partial charge in [-0.1, -0.05) is 96.6 Å². The van der Waals surface area contributed by atoms with Gasteiger partial charge in [0.2, 0.25) is 21.8 Å². The lowest BCUT2D eigenvalue weighted by molar-refractivity contribution is -0.141. The first-order chi connectivity index (χ1) is 21.0. The Hall–Kier alpha value is -3.07. The van der Waals surface area contributed by atoms with Crippen LogP contribution in [-0.2, 0) is 32.6 Å². The molecular formula is C34H41Cl2N3O4S. The van der Waals surface area contributed by atoms with Gasteiger partial charge in [0.05, 0.1) is 11.9 Å². The summed E-state index contributed by atoms with van der Waals surface area (Å²) >= 11 is 12.7. The monoisotopic (exact) mass is 657 g/mol. The molecule has 1 aliphatic carbocycles. The number of carbonyl (C=O) groups excluding carboxylic acids is 2. The number of sulfonamides is 1. The van der Waals surface area contributed by atoms with E-state index < -0.39 is 16.1 Å². The average Bonchev–Trinajstić information content (AvgIpc) is 2.99. The molecule has 44 heavy (non-hydrogen) atoms. The zero-order valence-electron chi connectivity index (χ0n) is 25.3. The van der Waals surface area contributed by atoms with E-state index in [1.165, 1.54) is 4.31 Å². The quantitative estimate of drug-likeness (QED) is 0.216. The van der Waals surface area contributed by atoms with E-state index in [-0.39, 0.29) is 43.8 Å². The Morgan fingerprint density at radius 2 is 1.64 bits per heavy atom. The Labute approximate surface area is 271 Å². The van der Waals surface area contributed by atoms with Crippen LogP contribution in [0, 0.1) is 6.92 Å². The normalized spacial score (nSPS) is 14.5. The van der Waals surface area contributed by atoms with Crippen molar-refractivity contribution < 1.29 is 18.0 Å². The highest BCUT2D eigenvalue weighted by atomic mass is 35.5. The molecule has 0 aliphatic heterocycles. The third-order valence-electron chi connectivity index (χ3n) is 8.05. The molecule has 4 rings (SSSR count). The first-order valence-corrected chi connectivity index (χ1v) is 17.7. The summed E-state index contributed by atoms with van der Waals surface area (Å²) in [5, 5.41) is 4.11. The molecule has 2 amide bonds. The molecule has 236 valence electrons. The zero-order valence-corrected chi connectivity index (χ0v) is 27.7. The number of hydrogen-bond donors (Lipinski definition) is 1. The van der Waals surface area contributed by atoms with Gasteiger partial charge in [-0.2, -0.15) is 0 Å². The summed E-state index contributed by atoms with van der Waals surface area (Å²) in [6.07, 6.45) is 6.93. The van der Waals surface area contributed by atoms with Crippen LogP contribution in [0.15, 0.2) is 72.8 Å². The van der Waals surface area contributed by atoms with Crippen LogP contribution in [0.3, 0.4) is 0 Å². The summed E-state index contributed by atoms with van der Waals surface area (Å²) in [5.74, 6) is -0.454. The van der Waals surface area contributed by atoms with Gasteiger partial charge in [-0.05, 0) is 61.6 Å². The second-order valence-corrected chi connectivity index (χ2v) is 14.3. The molecule has 10 heteroatoms. The van der Waals surface area contributed by atoms with E-state index >= 15 is 0 Å². The molecule has 3 aromatic carbocycles. The number of hydrogen-bond acceptors (Lipinski definition) is 4. The number of benzene rings is 3. The topological polar surface area (TPSA) is 86.8 Å². The van der Waals surface area contributed by atoms with E-state index in [1.807, 2.05) is 49.4 Å². The molecule has 7 nitrogen and oxygen atoms in total. The molecular weight excluding hydrogens is 617 g/mol. The van der Waals surface area contributed by atoms with Gasteiger partial charge in [0.25, 0.3) is 0 Å². The van der Waals surface area contributed by atoms with Crippen molar-refractivity contribution in [1.29, 1.82) is 0 Å². The van der Waals surface area contributed by atoms with Gasteiger partial charge in [-0.25, -0.2) is 8.42 Å².